The number of thiazole rings is 1. The summed E-state index contributed by atoms with van der Waals surface area (Å²) in [6.45, 7) is 2.41. The van der Waals surface area contributed by atoms with E-state index in [9.17, 15) is 14.4 Å². The van der Waals surface area contributed by atoms with Gasteiger partial charge in [-0.1, -0.05) is 23.2 Å². The summed E-state index contributed by atoms with van der Waals surface area (Å²) in [5, 5.41) is 5.22. The first-order valence-corrected chi connectivity index (χ1v) is 11.5. The Morgan fingerprint density at radius 1 is 1.13 bits per heavy atom. The molecule has 1 aromatic heterocycles. The van der Waals surface area contributed by atoms with Crippen LogP contribution in [0.2, 0.25) is 10.0 Å². The average molecular weight is 483 g/mol. The number of amides is 3. The summed E-state index contributed by atoms with van der Waals surface area (Å²) in [7, 11) is 0. The number of hydrogen-bond donors (Lipinski definition) is 1. The minimum atomic E-state index is -0.434. The van der Waals surface area contributed by atoms with Gasteiger partial charge in [0.2, 0.25) is 0 Å². The van der Waals surface area contributed by atoms with Crippen molar-refractivity contribution >= 4 is 57.4 Å². The third-order valence-corrected chi connectivity index (χ3v) is 6.51. The molecular weight excluding hydrogens is 463 g/mol. The Hall–Kier alpha value is -2.20. The molecule has 31 heavy (non-hydrogen) atoms. The number of benzene rings is 1. The molecule has 1 N–H and O–H groups in total. The number of aromatic nitrogens is 1. The van der Waals surface area contributed by atoms with E-state index in [0.717, 1.165) is 24.2 Å². The minimum absolute atomic E-state index is 0.00381. The van der Waals surface area contributed by atoms with Gasteiger partial charge in [0, 0.05) is 43.2 Å². The van der Waals surface area contributed by atoms with Gasteiger partial charge in [-0.15, -0.1) is 11.3 Å². The summed E-state index contributed by atoms with van der Waals surface area (Å²) in [5.41, 5.74) is 0.516. The van der Waals surface area contributed by atoms with Crippen LogP contribution in [0.25, 0.3) is 0 Å². The van der Waals surface area contributed by atoms with Crippen LogP contribution in [0.3, 0.4) is 0 Å². The molecule has 0 saturated carbocycles. The summed E-state index contributed by atoms with van der Waals surface area (Å²) >= 11 is 13.1. The van der Waals surface area contributed by atoms with Crippen molar-refractivity contribution in [2.24, 2.45) is 0 Å². The van der Waals surface area contributed by atoms with Crippen LogP contribution >= 0.6 is 34.5 Å². The van der Waals surface area contributed by atoms with Crippen molar-refractivity contribution in [1.29, 1.82) is 0 Å². The second kappa shape index (κ2) is 9.52. The lowest BCUT2D eigenvalue weighted by atomic mass is 10.2. The van der Waals surface area contributed by atoms with E-state index < -0.39 is 5.91 Å². The fourth-order valence-corrected chi connectivity index (χ4v) is 4.71. The Morgan fingerprint density at radius 3 is 2.55 bits per heavy atom. The molecule has 2 aliphatic heterocycles. The van der Waals surface area contributed by atoms with E-state index in [1.807, 2.05) is 0 Å². The zero-order chi connectivity index (χ0) is 22.0. The highest BCUT2D eigenvalue weighted by Crippen LogP contribution is 2.24. The van der Waals surface area contributed by atoms with Gasteiger partial charge in [-0.2, -0.15) is 0 Å². The van der Waals surface area contributed by atoms with Crippen molar-refractivity contribution in [2.45, 2.75) is 18.9 Å². The molecule has 3 amide bonds. The number of halogens is 2. The monoisotopic (exact) mass is 482 g/mol. The van der Waals surface area contributed by atoms with Gasteiger partial charge in [-0.25, -0.2) is 4.98 Å². The first-order valence-electron chi connectivity index (χ1n) is 9.84. The molecule has 0 spiro atoms. The predicted molar refractivity (Wildman–Crippen MR) is 118 cm³/mol. The Balaban J connectivity index is 1.33. The third kappa shape index (κ3) is 5.01. The highest BCUT2D eigenvalue weighted by atomic mass is 35.5. The maximum Gasteiger partial charge on any atom is 0.273 e. The second-order valence-corrected chi connectivity index (χ2v) is 8.94. The van der Waals surface area contributed by atoms with Crippen LogP contribution in [-0.2, 0) is 9.53 Å². The van der Waals surface area contributed by atoms with Gasteiger partial charge in [0.05, 0.1) is 10.6 Å². The molecule has 1 atom stereocenters. The molecule has 2 aliphatic rings. The lowest BCUT2D eigenvalue weighted by Gasteiger charge is -2.35. The number of hydrogen-bond acceptors (Lipinski definition) is 6. The molecule has 2 saturated heterocycles. The van der Waals surface area contributed by atoms with Crippen molar-refractivity contribution in [3.63, 3.8) is 0 Å². The summed E-state index contributed by atoms with van der Waals surface area (Å²) in [5.74, 6) is -0.661. The average Bonchev–Trinajstić information content (AvgIpc) is 3.45. The molecule has 2 aromatic rings. The number of nitrogens with zero attached hydrogens (tertiary/aromatic N) is 3. The Bertz CT molecular complexity index is 1000. The van der Waals surface area contributed by atoms with Crippen LogP contribution < -0.4 is 5.32 Å². The van der Waals surface area contributed by atoms with Crippen LogP contribution in [0, 0.1) is 0 Å². The van der Waals surface area contributed by atoms with E-state index in [2.05, 4.69) is 10.3 Å². The number of rotatable bonds is 4. The van der Waals surface area contributed by atoms with E-state index in [0.29, 0.717) is 42.9 Å². The normalized spacial score (nSPS) is 18.8. The van der Waals surface area contributed by atoms with Gasteiger partial charge in [-0.05, 0) is 31.0 Å². The Morgan fingerprint density at radius 2 is 1.87 bits per heavy atom. The number of carbonyl (C=O) groups excluding carboxylic acids is 3. The van der Waals surface area contributed by atoms with Crippen LogP contribution in [-0.4, -0.2) is 71.4 Å². The van der Waals surface area contributed by atoms with Crippen molar-refractivity contribution in [3.8, 4) is 0 Å². The largest absolute Gasteiger partial charge is 0.368 e. The van der Waals surface area contributed by atoms with Crippen molar-refractivity contribution in [1.82, 2.24) is 14.8 Å². The zero-order valence-electron chi connectivity index (χ0n) is 16.5. The number of piperazine rings is 1. The molecule has 3 heterocycles. The molecule has 8 nitrogen and oxygen atoms in total. The van der Waals surface area contributed by atoms with Gasteiger partial charge in [-0.3, -0.25) is 19.7 Å². The van der Waals surface area contributed by atoms with E-state index >= 15 is 0 Å². The summed E-state index contributed by atoms with van der Waals surface area (Å²) in [4.78, 5) is 45.3. The smallest absolute Gasteiger partial charge is 0.273 e. The molecule has 2 fully saturated rings. The number of ether oxygens (including phenoxy) is 1. The highest BCUT2D eigenvalue weighted by Gasteiger charge is 2.32. The van der Waals surface area contributed by atoms with Gasteiger partial charge in [0.25, 0.3) is 17.7 Å². The maximum absolute atomic E-state index is 12.8. The lowest BCUT2D eigenvalue weighted by molar-refractivity contribution is -0.142. The number of carbonyl (C=O) groups is 3. The van der Waals surface area contributed by atoms with Crippen molar-refractivity contribution < 1.29 is 19.1 Å². The van der Waals surface area contributed by atoms with Gasteiger partial charge >= 0.3 is 0 Å². The molecule has 11 heteroatoms. The van der Waals surface area contributed by atoms with Gasteiger partial charge in [0.15, 0.2) is 5.13 Å². The van der Waals surface area contributed by atoms with Crippen LogP contribution in [0.1, 0.15) is 33.7 Å². The fourth-order valence-electron chi connectivity index (χ4n) is 3.54. The number of anilines is 1. The fraction of sp³-hybridized carbons (Fsp3) is 0.400. The molecule has 4 rings (SSSR count). The molecule has 164 valence electrons. The first kappa shape index (κ1) is 22.0. The van der Waals surface area contributed by atoms with Crippen molar-refractivity contribution in [2.75, 3.05) is 38.1 Å². The number of nitrogens with one attached hydrogen (secondary N) is 1. The van der Waals surface area contributed by atoms with E-state index in [4.69, 9.17) is 27.9 Å². The Kier molecular flexibility index (Phi) is 6.76. The molecule has 0 unspecified atom stereocenters. The standard InChI is InChI=1S/C20H20Cl2N4O4S/c21-12-3-4-13(14(22)10-12)17(27)24-20-23-15(11-31-20)18(28)25-5-7-26(8-6-25)19(29)16-2-1-9-30-16/h3-4,10-11,16H,1-2,5-9H2,(H,23,24,27)/t16-/m0/s1. The molecule has 1 aromatic carbocycles. The highest BCUT2D eigenvalue weighted by molar-refractivity contribution is 7.14. The zero-order valence-corrected chi connectivity index (χ0v) is 18.8. The summed E-state index contributed by atoms with van der Waals surface area (Å²) < 4.78 is 5.46. The molecular formula is C20H20Cl2N4O4S. The summed E-state index contributed by atoms with van der Waals surface area (Å²) in [6.07, 6.45) is 1.31. The van der Waals surface area contributed by atoms with E-state index in [1.165, 1.54) is 12.1 Å². The topological polar surface area (TPSA) is 91.8 Å². The second-order valence-electron chi connectivity index (χ2n) is 7.24. The van der Waals surface area contributed by atoms with Crippen molar-refractivity contribution in [3.05, 3.63) is 44.9 Å². The van der Waals surface area contributed by atoms with Crippen LogP contribution in [0.5, 0.6) is 0 Å². The van der Waals surface area contributed by atoms with Crippen LogP contribution in [0.4, 0.5) is 5.13 Å². The van der Waals surface area contributed by atoms with Crippen LogP contribution in [0.15, 0.2) is 23.6 Å². The van der Waals surface area contributed by atoms with Gasteiger partial charge < -0.3 is 14.5 Å². The molecule has 0 bridgehead atoms. The SMILES string of the molecule is O=C(Nc1nc(C(=O)N2CCN(C(=O)[C@@H]3CCCO3)CC2)cs1)c1ccc(Cl)cc1Cl. The lowest BCUT2D eigenvalue weighted by Crippen LogP contribution is -2.52. The first-order chi connectivity index (χ1) is 14.9. The van der Waals surface area contributed by atoms with Gasteiger partial charge in [0.1, 0.15) is 11.8 Å². The maximum atomic E-state index is 12.8. The summed E-state index contributed by atoms with van der Waals surface area (Å²) in [6, 6.07) is 4.58. The Labute approximate surface area is 193 Å². The van der Waals surface area contributed by atoms with E-state index in [1.54, 1.807) is 21.2 Å². The molecule has 0 aliphatic carbocycles. The van der Waals surface area contributed by atoms with E-state index in [-0.39, 0.29) is 34.2 Å². The third-order valence-electron chi connectivity index (χ3n) is 5.20. The minimum Gasteiger partial charge on any atom is -0.368 e. The predicted octanol–water partition coefficient (Wildman–Crippen LogP) is 3.17. The molecule has 0 radical (unpaired) electrons. The quantitative estimate of drug-likeness (QED) is 0.722.